The van der Waals surface area contributed by atoms with Gasteiger partial charge in [-0.2, -0.15) is 0 Å². The SMILES string of the molecule is NS(=O)(=O)C1CCN(C(=O)C2C3CCCC32)C1. The van der Waals surface area contributed by atoms with E-state index < -0.39 is 15.3 Å². The van der Waals surface area contributed by atoms with E-state index in [0.717, 1.165) is 0 Å². The monoisotopic (exact) mass is 258 g/mol. The van der Waals surface area contributed by atoms with Gasteiger partial charge < -0.3 is 4.90 Å². The summed E-state index contributed by atoms with van der Waals surface area (Å²) in [5.41, 5.74) is 0. The first kappa shape index (κ1) is 11.5. The van der Waals surface area contributed by atoms with Crippen molar-refractivity contribution in [3.8, 4) is 0 Å². The van der Waals surface area contributed by atoms with Crippen LogP contribution < -0.4 is 5.14 Å². The van der Waals surface area contributed by atoms with E-state index in [1.165, 1.54) is 19.3 Å². The maximum Gasteiger partial charge on any atom is 0.226 e. The van der Waals surface area contributed by atoms with Gasteiger partial charge in [0.1, 0.15) is 0 Å². The Labute approximate surface area is 101 Å². The molecule has 1 aliphatic heterocycles. The van der Waals surface area contributed by atoms with Crippen molar-refractivity contribution in [1.82, 2.24) is 4.90 Å². The predicted octanol–water partition coefficient (Wildman–Crippen LogP) is -0.0781. The first-order chi connectivity index (χ1) is 7.98. The Morgan fingerprint density at radius 2 is 1.82 bits per heavy atom. The van der Waals surface area contributed by atoms with Gasteiger partial charge in [-0.05, 0) is 31.1 Å². The van der Waals surface area contributed by atoms with Crippen LogP contribution in [-0.2, 0) is 14.8 Å². The van der Waals surface area contributed by atoms with E-state index in [2.05, 4.69) is 0 Å². The normalized spacial score (nSPS) is 40.4. The molecule has 0 aromatic rings. The van der Waals surface area contributed by atoms with Crippen molar-refractivity contribution < 1.29 is 13.2 Å². The Balaban J connectivity index is 1.62. The number of amides is 1. The lowest BCUT2D eigenvalue weighted by molar-refractivity contribution is -0.132. The number of hydrogen-bond donors (Lipinski definition) is 1. The minimum Gasteiger partial charge on any atom is -0.341 e. The molecule has 0 radical (unpaired) electrons. The van der Waals surface area contributed by atoms with E-state index >= 15 is 0 Å². The Kier molecular flexibility index (Phi) is 2.49. The molecule has 0 spiro atoms. The van der Waals surface area contributed by atoms with E-state index in [4.69, 9.17) is 5.14 Å². The molecule has 1 heterocycles. The Morgan fingerprint density at radius 1 is 1.18 bits per heavy atom. The maximum atomic E-state index is 12.2. The van der Waals surface area contributed by atoms with Gasteiger partial charge in [0.2, 0.25) is 15.9 Å². The highest BCUT2D eigenvalue weighted by Crippen LogP contribution is 2.58. The molecular formula is C11H18N2O3S. The van der Waals surface area contributed by atoms with E-state index in [1.807, 2.05) is 0 Å². The molecule has 2 N–H and O–H groups in total. The number of nitrogens with zero attached hydrogens (tertiary/aromatic N) is 1. The zero-order chi connectivity index (χ0) is 12.2. The highest BCUT2D eigenvalue weighted by atomic mass is 32.2. The number of carbonyl (C=O) groups is 1. The van der Waals surface area contributed by atoms with Gasteiger partial charge in [-0.1, -0.05) is 6.42 Å². The molecule has 0 bridgehead atoms. The molecule has 1 amide bonds. The summed E-state index contributed by atoms with van der Waals surface area (Å²) < 4.78 is 22.4. The highest BCUT2D eigenvalue weighted by molar-refractivity contribution is 7.89. The van der Waals surface area contributed by atoms with Crippen LogP contribution in [-0.4, -0.2) is 37.6 Å². The summed E-state index contributed by atoms with van der Waals surface area (Å²) in [5.74, 6) is 1.56. The van der Waals surface area contributed by atoms with Crippen LogP contribution in [0.25, 0.3) is 0 Å². The molecule has 5 nitrogen and oxygen atoms in total. The van der Waals surface area contributed by atoms with Crippen molar-refractivity contribution in [1.29, 1.82) is 0 Å². The minimum atomic E-state index is -3.49. The fraction of sp³-hybridized carbons (Fsp3) is 0.909. The third kappa shape index (κ3) is 1.87. The van der Waals surface area contributed by atoms with Crippen LogP contribution in [0.1, 0.15) is 25.7 Å². The van der Waals surface area contributed by atoms with Gasteiger partial charge in [0, 0.05) is 19.0 Å². The largest absolute Gasteiger partial charge is 0.341 e. The smallest absolute Gasteiger partial charge is 0.226 e. The number of nitrogens with two attached hydrogens (primary N) is 1. The summed E-state index contributed by atoms with van der Waals surface area (Å²) in [6.45, 7) is 0.851. The average molecular weight is 258 g/mol. The van der Waals surface area contributed by atoms with E-state index in [0.29, 0.717) is 31.3 Å². The molecule has 2 saturated carbocycles. The molecule has 3 rings (SSSR count). The summed E-state index contributed by atoms with van der Waals surface area (Å²) in [5, 5.41) is 4.57. The lowest BCUT2D eigenvalue weighted by Gasteiger charge is -2.17. The van der Waals surface area contributed by atoms with Gasteiger partial charge in [-0.3, -0.25) is 4.79 Å². The van der Waals surface area contributed by atoms with Crippen LogP contribution in [0.3, 0.4) is 0 Å². The first-order valence-electron chi connectivity index (χ1n) is 6.29. The number of likely N-dealkylation sites (tertiary alicyclic amines) is 1. The van der Waals surface area contributed by atoms with Crippen LogP contribution in [0.5, 0.6) is 0 Å². The number of rotatable bonds is 2. The number of fused-ring (bicyclic) bond motifs is 1. The van der Waals surface area contributed by atoms with Crippen LogP contribution in [0.2, 0.25) is 0 Å². The Morgan fingerprint density at radius 3 is 2.35 bits per heavy atom. The molecule has 3 aliphatic rings. The van der Waals surface area contributed by atoms with Crippen LogP contribution in [0.15, 0.2) is 0 Å². The second-order valence-corrected chi connectivity index (χ2v) is 7.41. The lowest BCUT2D eigenvalue weighted by atomic mass is 10.1. The predicted molar refractivity (Wildman–Crippen MR) is 62.4 cm³/mol. The van der Waals surface area contributed by atoms with Gasteiger partial charge in [-0.25, -0.2) is 13.6 Å². The summed E-state index contributed by atoms with van der Waals surface area (Å²) in [6.07, 6.45) is 4.09. The first-order valence-corrected chi connectivity index (χ1v) is 7.90. The molecule has 1 saturated heterocycles. The second kappa shape index (κ2) is 3.68. The fourth-order valence-corrected chi connectivity index (χ4v) is 4.42. The van der Waals surface area contributed by atoms with Crippen molar-refractivity contribution >= 4 is 15.9 Å². The standard InChI is InChI=1S/C11H18N2O3S/c12-17(15,16)7-4-5-13(6-7)11(14)10-8-2-1-3-9(8)10/h7-10H,1-6H2,(H2,12,15,16). The molecule has 3 unspecified atom stereocenters. The van der Waals surface area contributed by atoms with Gasteiger partial charge in [0.25, 0.3) is 0 Å². The molecule has 0 aromatic heterocycles. The summed E-state index contributed by atoms with van der Waals surface area (Å²) in [6, 6.07) is 0. The van der Waals surface area contributed by atoms with Gasteiger partial charge in [-0.15, -0.1) is 0 Å². The van der Waals surface area contributed by atoms with Crippen molar-refractivity contribution in [3.63, 3.8) is 0 Å². The quantitative estimate of drug-likeness (QED) is 0.752. The van der Waals surface area contributed by atoms with E-state index in [-0.39, 0.29) is 11.8 Å². The third-order valence-electron chi connectivity index (χ3n) is 4.61. The molecular weight excluding hydrogens is 240 g/mol. The van der Waals surface area contributed by atoms with Crippen molar-refractivity contribution in [2.45, 2.75) is 30.9 Å². The van der Waals surface area contributed by atoms with E-state index in [9.17, 15) is 13.2 Å². The number of carbonyl (C=O) groups excluding carboxylic acids is 1. The van der Waals surface area contributed by atoms with Gasteiger partial charge >= 0.3 is 0 Å². The Hall–Kier alpha value is -0.620. The molecule has 6 heteroatoms. The van der Waals surface area contributed by atoms with E-state index in [1.54, 1.807) is 4.90 Å². The molecule has 3 fully saturated rings. The average Bonchev–Trinajstić information content (AvgIpc) is 2.74. The zero-order valence-corrected chi connectivity index (χ0v) is 10.5. The number of primary sulfonamides is 1. The number of hydrogen-bond acceptors (Lipinski definition) is 3. The van der Waals surface area contributed by atoms with Crippen LogP contribution >= 0.6 is 0 Å². The van der Waals surface area contributed by atoms with Gasteiger partial charge in [0.15, 0.2) is 0 Å². The topological polar surface area (TPSA) is 80.5 Å². The number of sulfonamides is 1. The molecule has 3 atom stereocenters. The third-order valence-corrected chi connectivity index (χ3v) is 5.93. The zero-order valence-electron chi connectivity index (χ0n) is 9.71. The summed E-state index contributed by atoms with van der Waals surface area (Å²) in [7, 11) is -3.49. The second-order valence-electron chi connectivity index (χ2n) is 5.57. The summed E-state index contributed by atoms with van der Waals surface area (Å²) >= 11 is 0. The highest BCUT2D eigenvalue weighted by Gasteiger charge is 2.58. The summed E-state index contributed by atoms with van der Waals surface area (Å²) in [4.78, 5) is 13.9. The van der Waals surface area contributed by atoms with Crippen LogP contribution in [0.4, 0.5) is 0 Å². The van der Waals surface area contributed by atoms with Crippen LogP contribution in [0, 0.1) is 17.8 Å². The Bertz CT molecular complexity index is 438. The molecule has 17 heavy (non-hydrogen) atoms. The molecule has 2 aliphatic carbocycles. The molecule has 96 valence electrons. The fourth-order valence-electron chi connectivity index (χ4n) is 3.60. The van der Waals surface area contributed by atoms with Gasteiger partial charge in [0.05, 0.1) is 5.25 Å². The van der Waals surface area contributed by atoms with Crippen molar-refractivity contribution in [2.24, 2.45) is 22.9 Å². The van der Waals surface area contributed by atoms with Crippen molar-refractivity contribution in [3.05, 3.63) is 0 Å². The minimum absolute atomic E-state index is 0.172. The lowest BCUT2D eigenvalue weighted by Crippen LogP contribution is -2.35. The maximum absolute atomic E-state index is 12.2. The van der Waals surface area contributed by atoms with Crippen molar-refractivity contribution in [2.75, 3.05) is 13.1 Å². The molecule has 0 aromatic carbocycles.